The number of carbonyl (C=O) groups is 1. The van der Waals surface area contributed by atoms with Crippen LogP contribution in [0.4, 0.5) is 0 Å². The summed E-state index contributed by atoms with van der Waals surface area (Å²) in [5.41, 5.74) is -0.0796. The molecule has 0 aliphatic carbocycles. The predicted octanol–water partition coefficient (Wildman–Crippen LogP) is 1.04. The molecule has 0 aliphatic heterocycles. The van der Waals surface area contributed by atoms with Gasteiger partial charge < -0.3 is 10.2 Å². The van der Waals surface area contributed by atoms with Crippen molar-refractivity contribution in [3.63, 3.8) is 0 Å². The van der Waals surface area contributed by atoms with Crippen LogP contribution in [0.15, 0.2) is 17.2 Å². The highest BCUT2D eigenvalue weighted by Crippen LogP contribution is 2.22. The molecule has 0 spiro atoms. The van der Waals surface area contributed by atoms with E-state index in [1.165, 1.54) is 17.8 Å². The Morgan fingerprint density at radius 3 is 2.47 bits per heavy atom. The summed E-state index contributed by atoms with van der Waals surface area (Å²) >= 11 is 1.36. The molecule has 0 radical (unpaired) electrons. The molecule has 0 aromatic carbocycles. The lowest BCUT2D eigenvalue weighted by Crippen LogP contribution is -2.15. The van der Waals surface area contributed by atoms with Gasteiger partial charge in [-0.2, -0.15) is 0 Å². The summed E-state index contributed by atoms with van der Waals surface area (Å²) in [5.74, 6) is -1.09. The van der Waals surface area contributed by atoms with Crippen LogP contribution in [0.25, 0.3) is 0 Å². The second-order valence-electron chi connectivity index (χ2n) is 3.13. The smallest absolute Gasteiger partial charge is 0.356 e. The van der Waals surface area contributed by atoms with Crippen molar-refractivity contribution < 1.29 is 15.0 Å². The van der Waals surface area contributed by atoms with E-state index in [9.17, 15) is 9.90 Å². The van der Waals surface area contributed by atoms with Crippen molar-refractivity contribution in [1.82, 2.24) is 10.2 Å². The monoisotopic (exact) mass is 228 g/mol. The third kappa shape index (κ3) is 3.49. The van der Waals surface area contributed by atoms with E-state index < -0.39 is 12.1 Å². The Hall–Kier alpha value is -1.14. The lowest BCUT2D eigenvalue weighted by atomic mass is 10.3. The van der Waals surface area contributed by atoms with E-state index >= 15 is 0 Å². The summed E-state index contributed by atoms with van der Waals surface area (Å²) in [5, 5.41) is 25.7. The van der Waals surface area contributed by atoms with Crippen molar-refractivity contribution in [1.29, 1.82) is 0 Å². The third-order valence-corrected chi connectivity index (χ3v) is 3.07. The molecule has 0 saturated heterocycles. The Morgan fingerprint density at radius 1 is 1.40 bits per heavy atom. The standard InChI is InChI=1S/C9H12N2O3S/c1-5(12)6(2)15-8-4-3-7(9(13)14)10-11-8/h3-6,12H,1-2H3,(H,13,14). The Bertz CT molecular complexity index is 340. The molecule has 1 aromatic heterocycles. The van der Waals surface area contributed by atoms with Gasteiger partial charge >= 0.3 is 5.97 Å². The predicted molar refractivity (Wildman–Crippen MR) is 56.0 cm³/mol. The molecule has 0 bridgehead atoms. The number of hydrogen-bond acceptors (Lipinski definition) is 5. The normalized spacial score (nSPS) is 14.6. The zero-order valence-electron chi connectivity index (χ0n) is 8.41. The highest BCUT2D eigenvalue weighted by atomic mass is 32.2. The van der Waals surface area contributed by atoms with Crippen LogP contribution in [-0.4, -0.2) is 37.7 Å². The average molecular weight is 228 g/mol. The summed E-state index contributed by atoms with van der Waals surface area (Å²) in [4.78, 5) is 10.5. The number of rotatable bonds is 4. The minimum Gasteiger partial charge on any atom is -0.476 e. The third-order valence-electron chi connectivity index (χ3n) is 1.85. The Balaban J connectivity index is 2.68. The fraction of sp³-hybridized carbons (Fsp3) is 0.444. The number of aliphatic hydroxyl groups is 1. The maximum Gasteiger partial charge on any atom is 0.356 e. The molecule has 5 nitrogen and oxygen atoms in total. The fourth-order valence-corrected chi connectivity index (χ4v) is 1.60. The lowest BCUT2D eigenvalue weighted by molar-refractivity contribution is 0.0689. The van der Waals surface area contributed by atoms with E-state index in [-0.39, 0.29) is 10.9 Å². The van der Waals surface area contributed by atoms with Crippen LogP contribution in [0.2, 0.25) is 0 Å². The molecule has 15 heavy (non-hydrogen) atoms. The SMILES string of the molecule is CC(O)C(C)Sc1ccc(C(=O)O)nn1. The Morgan fingerprint density at radius 2 is 2.07 bits per heavy atom. The van der Waals surface area contributed by atoms with Crippen LogP contribution in [-0.2, 0) is 0 Å². The van der Waals surface area contributed by atoms with E-state index in [1.54, 1.807) is 13.0 Å². The summed E-state index contributed by atoms with van der Waals surface area (Å²) < 4.78 is 0. The maximum atomic E-state index is 10.5. The van der Waals surface area contributed by atoms with E-state index in [1.807, 2.05) is 6.92 Å². The quantitative estimate of drug-likeness (QED) is 0.749. The van der Waals surface area contributed by atoms with Crippen molar-refractivity contribution in [3.8, 4) is 0 Å². The number of aromatic nitrogens is 2. The molecule has 1 rings (SSSR count). The fourth-order valence-electron chi connectivity index (χ4n) is 0.786. The highest BCUT2D eigenvalue weighted by molar-refractivity contribution is 7.99. The second-order valence-corrected chi connectivity index (χ2v) is 4.52. The van der Waals surface area contributed by atoms with Gasteiger partial charge in [0.05, 0.1) is 6.10 Å². The van der Waals surface area contributed by atoms with Crippen LogP contribution in [0.5, 0.6) is 0 Å². The van der Waals surface area contributed by atoms with Crippen molar-refractivity contribution in [3.05, 3.63) is 17.8 Å². The molecule has 0 saturated carbocycles. The van der Waals surface area contributed by atoms with E-state index in [2.05, 4.69) is 10.2 Å². The number of thioether (sulfide) groups is 1. The zero-order valence-corrected chi connectivity index (χ0v) is 9.23. The van der Waals surface area contributed by atoms with Crippen LogP contribution in [0.1, 0.15) is 24.3 Å². The minimum atomic E-state index is -1.09. The van der Waals surface area contributed by atoms with Gasteiger partial charge in [-0.3, -0.25) is 0 Å². The van der Waals surface area contributed by atoms with Gasteiger partial charge in [0, 0.05) is 5.25 Å². The molecule has 2 unspecified atom stereocenters. The van der Waals surface area contributed by atoms with E-state index in [4.69, 9.17) is 5.11 Å². The molecular formula is C9H12N2O3S. The first kappa shape index (κ1) is 11.9. The number of aromatic carboxylic acids is 1. The summed E-state index contributed by atoms with van der Waals surface area (Å²) in [6.45, 7) is 3.55. The maximum absolute atomic E-state index is 10.5. The first-order valence-electron chi connectivity index (χ1n) is 4.42. The Labute approximate surface area is 91.5 Å². The summed E-state index contributed by atoms with van der Waals surface area (Å²) in [6, 6.07) is 2.98. The van der Waals surface area contributed by atoms with Crippen LogP contribution < -0.4 is 0 Å². The summed E-state index contributed by atoms with van der Waals surface area (Å²) in [7, 11) is 0. The number of carboxylic acid groups (broad SMARTS) is 1. The van der Waals surface area contributed by atoms with Gasteiger partial charge in [0.25, 0.3) is 0 Å². The van der Waals surface area contributed by atoms with E-state index in [0.717, 1.165) is 0 Å². The number of hydrogen-bond donors (Lipinski definition) is 2. The van der Waals surface area contributed by atoms with Gasteiger partial charge in [0.1, 0.15) is 5.03 Å². The molecule has 1 aromatic rings. The molecule has 1 heterocycles. The largest absolute Gasteiger partial charge is 0.476 e. The van der Waals surface area contributed by atoms with Gasteiger partial charge in [0.2, 0.25) is 0 Å². The van der Waals surface area contributed by atoms with Crippen LogP contribution >= 0.6 is 11.8 Å². The topological polar surface area (TPSA) is 83.3 Å². The van der Waals surface area contributed by atoms with Crippen LogP contribution in [0, 0.1) is 0 Å². The minimum absolute atomic E-state index is 0.00465. The molecule has 0 amide bonds. The molecule has 82 valence electrons. The Kier molecular flexibility index (Phi) is 4.05. The van der Waals surface area contributed by atoms with Crippen LogP contribution in [0.3, 0.4) is 0 Å². The molecule has 0 aliphatic rings. The first-order valence-corrected chi connectivity index (χ1v) is 5.30. The highest BCUT2D eigenvalue weighted by Gasteiger charge is 2.12. The van der Waals surface area contributed by atoms with Gasteiger partial charge in [-0.1, -0.05) is 18.7 Å². The molecule has 2 atom stereocenters. The molecule has 0 fully saturated rings. The first-order chi connectivity index (χ1) is 7.00. The van der Waals surface area contributed by atoms with Gasteiger partial charge in [-0.05, 0) is 19.1 Å². The number of carboxylic acids is 1. The average Bonchev–Trinajstić information content (AvgIpc) is 2.18. The molecule has 2 N–H and O–H groups in total. The van der Waals surface area contributed by atoms with E-state index in [0.29, 0.717) is 5.03 Å². The second kappa shape index (κ2) is 5.09. The van der Waals surface area contributed by atoms with Crippen molar-refractivity contribution in [2.75, 3.05) is 0 Å². The summed E-state index contributed by atoms with van der Waals surface area (Å²) in [6.07, 6.45) is -0.448. The number of aliphatic hydroxyl groups excluding tert-OH is 1. The zero-order chi connectivity index (χ0) is 11.4. The van der Waals surface area contributed by atoms with Gasteiger partial charge in [-0.25, -0.2) is 4.79 Å². The van der Waals surface area contributed by atoms with Gasteiger partial charge in [-0.15, -0.1) is 10.2 Å². The van der Waals surface area contributed by atoms with Crippen molar-refractivity contribution in [2.24, 2.45) is 0 Å². The van der Waals surface area contributed by atoms with Crippen molar-refractivity contribution >= 4 is 17.7 Å². The number of nitrogens with zero attached hydrogens (tertiary/aromatic N) is 2. The molecular weight excluding hydrogens is 216 g/mol. The molecule has 6 heteroatoms. The van der Waals surface area contributed by atoms with Crippen molar-refractivity contribution in [2.45, 2.75) is 30.2 Å². The lowest BCUT2D eigenvalue weighted by Gasteiger charge is -2.12. The van der Waals surface area contributed by atoms with Gasteiger partial charge in [0.15, 0.2) is 5.69 Å².